The van der Waals surface area contributed by atoms with Crippen molar-refractivity contribution in [2.24, 2.45) is 14.1 Å². The average Bonchev–Trinajstić information content (AvgIpc) is 3.16. The highest BCUT2D eigenvalue weighted by atomic mass is 35.5. The number of rotatable bonds is 8. The Morgan fingerprint density at radius 3 is 2.55 bits per heavy atom. The van der Waals surface area contributed by atoms with Crippen LogP contribution in [0.1, 0.15) is 11.1 Å². The molecule has 0 aliphatic carbocycles. The topological polar surface area (TPSA) is 103 Å². The van der Waals surface area contributed by atoms with Crippen LogP contribution >= 0.6 is 11.6 Å². The molecule has 10 heteroatoms. The molecule has 0 saturated carbocycles. The first-order chi connectivity index (χ1) is 15.9. The van der Waals surface area contributed by atoms with Gasteiger partial charge in [0.05, 0.1) is 13.2 Å². The molecule has 33 heavy (non-hydrogen) atoms. The lowest BCUT2D eigenvalue weighted by molar-refractivity contribution is 0.292. The van der Waals surface area contributed by atoms with E-state index in [1.807, 2.05) is 30.3 Å². The van der Waals surface area contributed by atoms with Crippen molar-refractivity contribution in [3.8, 4) is 11.8 Å². The van der Waals surface area contributed by atoms with Crippen molar-refractivity contribution in [2.45, 2.75) is 13.1 Å². The van der Waals surface area contributed by atoms with Gasteiger partial charge in [-0.25, -0.2) is 4.79 Å². The van der Waals surface area contributed by atoms with E-state index in [-0.39, 0.29) is 23.8 Å². The first-order valence-electron chi connectivity index (χ1n) is 10.4. The molecule has 2 heterocycles. The van der Waals surface area contributed by atoms with Crippen molar-refractivity contribution < 1.29 is 9.84 Å². The molecule has 0 unspecified atom stereocenters. The molecular formula is C23H24ClN5O4. The standard InChI is InChI=1S/C23H24ClN5O4/c1-27-20-19(21(31)28(2)23(27)32)29(14-15-6-8-17(24)9-7-15)22(26-20)33-18-5-3-4-16(12-18)13-25-10-11-30/h3-9,12,25,30H,10-11,13-14H2,1-2H3. The summed E-state index contributed by atoms with van der Waals surface area (Å²) >= 11 is 6.02. The maximum atomic E-state index is 13.0. The van der Waals surface area contributed by atoms with Crippen LogP contribution in [0.3, 0.4) is 0 Å². The molecule has 0 spiro atoms. The van der Waals surface area contributed by atoms with Crippen LogP contribution in [0.4, 0.5) is 0 Å². The summed E-state index contributed by atoms with van der Waals surface area (Å²) in [6.45, 7) is 1.40. The van der Waals surface area contributed by atoms with E-state index in [4.69, 9.17) is 21.4 Å². The van der Waals surface area contributed by atoms with Crippen molar-refractivity contribution in [3.63, 3.8) is 0 Å². The molecule has 0 amide bonds. The van der Waals surface area contributed by atoms with E-state index in [1.165, 1.54) is 11.6 Å². The number of benzene rings is 2. The number of aryl methyl sites for hydroxylation is 1. The third-order valence-corrected chi connectivity index (χ3v) is 5.54. The van der Waals surface area contributed by atoms with Crippen LogP contribution in [-0.2, 0) is 27.2 Å². The minimum absolute atomic E-state index is 0.0542. The van der Waals surface area contributed by atoms with Crippen molar-refractivity contribution in [1.29, 1.82) is 0 Å². The molecule has 2 aromatic heterocycles. The maximum absolute atomic E-state index is 13.0. The fraction of sp³-hybridized carbons (Fsp3) is 0.261. The number of aliphatic hydroxyl groups is 1. The van der Waals surface area contributed by atoms with Crippen LogP contribution in [0.15, 0.2) is 58.1 Å². The Labute approximate surface area is 194 Å². The zero-order valence-corrected chi connectivity index (χ0v) is 19.0. The minimum atomic E-state index is -0.466. The van der Waals surface area contributed by atoms with Gasteiger partial charge in [-0.1, -0.05) is 35.9 Å². The summed E-state index contributed by atoms with van der Waals surface area (Å²) in [6, 6.07) is 14.9. The number of aromatic nitrogens is 4. The summed E-state index contributed by atoms with van der Waals surface area (Å²) in [5.74, 6) is 0.535. The summed E-state index contributed by atoms with van der Waals surface area (Å²) in [4.78, 5) is 30.0. The zero-order chi connectivity index (χ0) is 23.5. The summed E-state index contributed by atoms with van der Waals surface area (Å²) in [5.41, 5.74) is 1.45. The van der Waals surface area contributed by atoms with E-state index in [2.05, 4.69) is 10.3 Å². The normalized spacial score (nSPS) is 11.3. The second-order valence-corrected chi connectivity index (χ2v) is 8.07. The molecule has 0 aliphatic rings. The quantitative estimate of drug-likeness (QED) is 0.383. The number of halogens is 1. The highest BCUT2D eigenvalue weighted by Gasteiger charge is 2.21. The van der Waals surface area contributed by atoms with Crippen LogP contribution in [-0.4, -0.2) is 36.9 Å². The lowest BCUT2D eigenvalue weighted by Gasteiger charge is -2.11. The molecule has 0 radical (unpaired) electrons. The number of nitrogens with one attached hydrogen (secondary N) is 1. The van der Waals surface area contributed by atoms with Gasteiger partial charge in [-0.2, -0.15) is 4.98 Å². The van der Waals surface area contributed by atoms with E-state index in [0.717, 1.165) is 15.7 Å². The Balaban J connectivity index is 1.80. The molecule has 2 N–H and O–H groups in total. The molecule has 0 saturated heterocycles. The van der Waals surface area contributed by atoms with Gasteiger partial charge < -0.3 is 15.2 Å². The van der Waals surface area contributed by atoms with Gasteiger partial charge in [0.2, 0.25) is 0 Å². The second-order valence-electron chi connectivity index (χ2n) is 7.63. The van der Waals surface area contributed by atoms with Crippen LogP contribution < -0.4 is 21.3 Å². The van der Waals surface area contributed by atoms with Gasteiger partial charge in [0.15, 0.2) is 11.2 Å². The fourth-order valence-corrected chi connectivity index (χ4v) is 3.69. The van der Waals surface area contributed by atoms with Gasteiger partial charge >= 0.3 is 11.7 Å². The molecule has 0 atom stereocenters. The molecule has 2 aromatic carbocycles. The number of hydrogen-bond donors (Lipinski definition) is 2. The summed E-state index contributed by atoms with van der Waals surface area (Å²) in [7, 11) is 3.01. The predicted molar refractivity (Wildman–Crippen MR) is 126 cm³/mol. The number of fused-ring (bicyclic) bond motifs is 1. The van der Waals surface area contributed by atoms with Gasteiger partial charge in [0.25, 0.3) is 5.56 Å². The van der Waals surface area contributed by atoms with E-state index >= 15 is 0 Å². The summed E-state index contributed by atoms with van der Waals surface area (Å²) < 4.78 is 10.2. The maximum Gasteiger partial charge on any atom is 0.332 e. The van der Waals surface area contributed by atoms with E-state index in [1.54, 1.807) is 29.8 Å². The Morgan fingerprint density at radius 2 is 1.82 bits per heavy atom. The highest BCUT2D eigenvalue weighted by molar-refractivity contribution is 6.30. The minimum Gasteiger partial charge on any atom is -0.425 e. The van der Waals surface area contributed by atoms with Crippen LogP contribution in [0.25, 0.3) is 11.2 Å². The first-order valence-corrected chi connectivity index (χ1v) is 10.8. The van der Waals surface area contributed by atoms with Gasteiger partial charge in [-0.15, -0.1) is 0 Å². The molecule has 0 fully saturated rings. The van der Waals surface area contributed by atoms with E-state index in [0.29, 0.717) is 30.4 Å². The van der Waals surface area contributed by atoms with Crippen molar-refractivity contribution in [2.75, 3.05) is 13.2 Å². The first kappa shape index (κ1) is 22.8. The van der Waals surface area contributed by atoms with Gasteiger partial charge in [-0.3, -0.25) is 18.5 Å². The zero-order valence-electron chi connectivity index (χ0n) is 18.3. The van der Waals surface area contributed by atoms with Gasteiger partial charge in [-0.05, 0) is 35.4 Å². The highest BCUT2D eigenvalue weighted by Crippen LogP contribution is 2.26. The molecule has 9 nitrogen and oxygen atoms in total. The number of imidazole rings is 1. The Bertz CT molecular complexity index is 1410. The van der Waals surface area contributed by atoms with Gasteiger partial charge in [0, 0.05) is 32.2 Å². The third kappa shape index (κ3) is 4.70. The largest absolute Gasteiger partial charge is 0.425 e. The summed E-state index contributed by atoms with van der Waals surface area (Å²) in [5, 5.41) is 12.7. The van der Waals surface area contributed by atoms with Crippen molar-refractivity contribution in [1.82, 2.24) is 24.0 Å². The van der Waals surface area contributed by atoms with Gasteiger partial charge in [0.1, 0.15) is 5.75 Å². The molecular weight excluding hydrogens is 446 g/mol. The number of aliphatic hydroxyl groups excluding tert-OH is 1. The monoisotopic (exact) mass is 469 g/mol. The SMILES string of the molecule is Cn1c(=O)c2c(nc(Oc3cccc(CNCCO)c3)n2Cc2ccc(Cl)cc2)n(C)c1=O. The Kier molecular flexibility index (Phi) is 6.64. The average molecular weight is 470 g/mol. The molecule has 4 rings (SSSR count). The molecule has 0 bridgehead atoms. The predicted octanol–water partition coefficient (Wildman–Crippen LogP) is 2.01. The van der Waals surface area contributed by atoms with Crippen molar-refractivity contribution >= 4 is 22.8 Å². The van der Waals surface area contributed by atoms with E-state index < -0.39 is 11.2 Å². The van der Waals surface area contributed by atoms with E-state index in [9.17, 15) is 9.59 Å². The summed E-state index contributed by atoms with van der Waals surface area (Å²) in [6.07, 6.45) is 0. The number of ether oxygens (including phenoxy) is 1. The number of hydrogen-bond acceptors (Lipinski definition) is 6. The Morgan fingerprint density at radius 1 is 1.06 bits per heavy atom. The lowest BCUT2D eigenvalue weighted by Crippen LogP contribution is -2.37. The van der Waals surface area contributed by atoms with Crippen LogP contribution in [0.2, 0.25) is 5.02 Å². The second kappa shape index (κ2) is 9.62. The molecule has 0 aliphatic heterocycles. The third-order valence-electron chi connectivity index (χ3n) is 5.29. The lowest BCUT2D eigenvalue weighted by atomic mass is 10.2. The number of nitrogens with zero attached hydrogens (tertiary/aromatic N) is 4. The molecule has 4 aromatic rings. The Hall–Kier alpha value is -3.40. The van der Waals surface area contributed by atoms with Crippen LogP contribution in [0, 0.1) is 0 Å². The van der Waals surface area contributed by atoms with Crippen LogP contribution in [0.5, 0.6) is 11.8 Å². The molecule has 172 valence electrons. The fourth-order valence-electron chi connectivity index (χ4n) is 3.56. The smallest absolute Gasteiger partial charge is 0.332 e. The van der Waals surface area contributed by atoms with Crippen molar-refractivity contribution in [3.05, 3.63) is 85.5 Å².